The summed E-state index contributed by atoms with van der Waals surface area (Å²) in [6.45, 7) is 6.43. The number of aromatic nitrogens is 2. The largest absolute Gasteiger partial charge is 0.497 e. The van der Waals surface area contributed by atoms with E-state index in [1.54, 1.807) is 13.2 Å². The van der Waals surface area contributed by atoms with Crippen LogP contribution in [-0.2, 0) is 5.41 Å². The van der Waals surface area contributed by atoms with Gasteiger partial charge in [-0.05, 0) is 12.1 Å². The highest BCUT2D eigenvalue weighted by Crippen LogP contribution is 2.27. The molecule has 96 valence electrons. The van der Waals surface area contributed by atoms with Gasteiger partial charge >= 0.3 is 0 Å². The third-order valence-electron chi connectivity index (χ3n) is 2.82. The van der Waals surface area contributed by atoms with Gasteiger partial charge in [-0.25, -0.2) is 4.98 Å². The second kappa shape index (κ2) is 4.37. The van der Waals surface area contributed by atoms with Gasteiger partial charge in [0.15, 0.2) is 0 Å². The molecule has 4 heteroatoms. The molecule has 4 nitrogen and oxygen atoms in total. The van der Waals surface area contributed by atoms with Crippen molar-refractivity contribution in [2.24, 2.45) is 0 Å². The minimum atomic E-state index is 0.0513. The highest BCUT2D eigenvalue weighted by Gasteiger charge is 2.17. The number of nitrogen functional groups attached to an aromatic ring is 1. The first-order chi connectivity index (χ1) is 8.40. The van der Waals surface area contributed by atoms with E-state index in [0.29, 0.717) is 5.69 Å². The Morgan fingerprint density at radius 2 is 1.94 bits per heavy atom. The van der Waals surface area contributed by atoms with Crippen LogP contribution >= 0.6 is 0 Å². The Hall–Kier alpha value is -1.97. The lowest BCUT2D eigenvalue weighted by molar-refractivity contribution is 0.415. The number of rotatable bonds is 2. The second-order valence-electron chi connectivity index (χ2n) is 5.39. The van der Waals surface area contributed by atoms with E-state index < -0.39 is 0 Å². The monoisotopic (exact) mass is 245 g/mol. The summed E-state index contributed by atoms with van der Waals surface area (Å²) in [5, 5.41) is 0. The normalized spacial score (nSPS) is 11.6. The number of nitrogens with zero attached hydrogens (tertiary/aromatic N) is 1. The highest BCUT2D eigenvalue weighted by molar-refractivity contribution is 5.64. The molecule has 18 heavy (non-hydrogen) atoms. The fourth-order valence-electron chi connectivity index (χ4n) is 1.73. The van der Waals surface area contributed by atoms with Crippen LogP contribution in [0.4, 0.5) is 5.69 Å². The topological polar surface area (TPSA) is 63.9 Å². The summed E-state index contributed by atoms with van der Waals surface area (Å²) in [4.78, 5) is 7.73. The minimum absolute atomic E-state index is 0.0513. The van der Waals surface area contributed by atoms with Crippen LogP contribution in [0.15, 0.2) is 24.4 Å². The van der Waals surface area contributed by atoms with E-state index in [2.05, 4.69) is 30.7 Å². The third-order valence-corrected chi connectivity index (χ3v) is 2.82. The van der Waals surface area contributed by atoms with Crippen LogP contribution in [0, 0.1) is 0 Å². The van der Waals surface area contributed by atoms with E-state index in [-0.39, 0.29) is 5.41 Å². The molecule has 0 saturated heterocycles. The third kappa shape index (κ3) is 2.47. The Morgan fingerprint density at radius 3 is 2.50 bits per heavy atom. The molecule has 1 heterocycles. The fourth-order valence-corrected chi connectivity index (χ4v) is 1.73. The average molecular weight is 245 g/mol. The Morgan fingerprint density at radius 1 is 1.22 bits per heavy atom. The second-order valence-corrected chi connectivity index (χ2v) is 5.39. The van der Waals surface area contributed by atoms with E-state index in [1.165, 1.54) is 0 Å². The summed E-state index contributed by atoms with van der Waals surface area (Å²) >= 11 is 0. The molecular weight excluding hydrogens is 226 g/mol. The summed E-state index contributed by atoms with van der Waals surface area (Å²) in [6.07, 6.45) is 1.87. The van der Waals surface area contributed by atoms with E-state index in [9.17, 15) is 0 Å². The molecule has 0 saturated carbocycles. The van der Waals surface area contributed by atoms with Gasteiger partial charge in [0.2, 0.25) is 0 Å². The minimum Gasteiger partial charge on any atom is -0.497 e. The van der Waals surface area contributed by atoms with Crippen molar-refractivity contribution in [3.8, 4) is 17.1 Å². The molecule has 0 aliphatic rings. The van der Waals surface area contributed by atoms with Crippen LogP contribution in [0.25, 0.3) is 11.4 Å². The van der Waals surface area contributed by atoms with Crippen molar-refractivity contribution < 1.29 is 4.74 Å². The first-order valence-electron chi connectivity index (χ1n) is 5.90. The van der Waals surface area contributed by atoms with Gasteiger partial charge in [0, 0.05) is 34.6 Å². The molecule has 1 aromatic heterocycles. The molecule has 2 rings (SSSR count). The van der Waals surface area contributed by atoms with E-state index in [1.807, 2.05) is 18.3 Å². The van der Waals surface area contributed by atoms with Crippen molar-refractivity contribution in [1.82, 2.24) is 9.97 Å². The molecule has 0 atom stereocenters. The average Bonchev–Trinajstić information content (AvgIpc) is 2.77. The van der Waals surface area contributed by atoms with Crippen LogP contribution in [0.2, 0.25) is 0 Å². The van der Waals surface area contributed by atoms with Crippen LogP contribution in [0.3, 0.4) is 0 Å². The maximum Gasteiger partial charge on any atom is 0.137 e. The Balaban J connectivity index is 2.43. The van der Waals surface area contributed by atoms with E-state index in [0.717, 1.165) is 22.8 Å². The quantitative estimate of drug-likeness (QED) is 0.799. The summed E-state index contributed by atoms with van der Waals surface area (Å²) in [5.74, 6) is 1.55. The first-order valence-corrected chi connectivity index (χ1v) is 5.90. The predicted octanol–water partition coefficient (Wildman–Crippen LogP) is 2.97. The molecule has 0 aliphatic carbocycles. The molecule has 0 spiro atoms. The molecular formula is C14H19N3O. The van der Waals surface area contributed by atoms with Gasteiger partial charge in [0.05, 0.1) is 7.11 Å². The van der Waals surface area contributed by atoms with Crippen molar-refractivity contribution in [2.75, 3.05) is 12.8 Å². The van der Waals surface area contributed by atoms with Crippen LogP contribution < -0.4 is 10.5 Å². The Kier molecular flexibility index (Phi) is 3.03. The Labute approximate surface area is 107 Å². The fraction of sp³-hybridized carbons (Fsp3) is 0.357. The van der Waals surface area contributed by atoms with Crippen molar-refractivity contribution in [3.05, 3.63) is 30.1 Å². The number of nitrogens with two attached hydrogens (primary N) is 1. The molecule has 0 radical (unpaired) electrons. The van der Waals surface area contributed by atoms with Gasteiger partial charge in [0.25, 0.3) is 0 Å². The SMILES string of the molecule is COc1cc(N)cc(-c2ncc(C(C)(C)C)[nH]2)c1. The van der Waals surface area contributed by atoms with Gasteiger partial charge in [0.1, 0.15) is 11.6 Å². The molecule has 0 aliphatic heterocycles. The number of benzene rings is 1. The molecule has 0 fully saturated rings. The highest BCUT2D eigenvalue weighted by atomic mass is 16.5. The number of ether oxygens (including phenoxy) is 1. The number of imidazole rings is 1. The van der Waals surface area contributed by atoms with E-state index >= 15 is 0 Å². The number of nitrogens with one attached hydrogen (secondary N) is 1. The van der Waals surface area contributed by atoms with E-state index in [4.69, 9.17) is 10.5 Å². The lowest BCUT2D eigenvalue weighted by Gasteiger charge is -2.15. The molecule has 3 N–H and O–H groups in total. The lowest BCUT2D eigenvalue weighted by atomic mass is 9.93. The molecule has 0 amide bonds. The van der Waals surface area contributed by atoms with Gasteiger partial charge in [-0.15, -0.1) is 0 Å². The zero-order valence-electron chi connectivity index (χ0n) is 11.2. The van der Waals surface area contributed by atoms with Crippen molar-refractivity contribution >= 4 is 5.69 Å². The summed E-state index contributed by atoms with van der Waals surface area (Å²) < 4.78 is 5.21. The maximum atomic E-state index is 5.84. The molecule has 1 aromatic carbocycles. The molecule has 0 unspecified atom stereocenters. The number of methoxy groups -OCH3 is 1. The number of hydrogen-bond donors (Lipinski definition) is 2. The van der Waals surface area contributed by atoms with Crippen LogP contribution in [0.5, 0.6) is 5.75 Å². The first kappa shape index (κ1) is 12.5. The maximum absolute atomic E-state index is 5.84. The van der Waals surface area contributed by atoms with Crippen LogP contribution in [0.1, 0.15) is 26.5 Å². The number of H-pyrrole nitrogens is 1. The van der Waals surface area contributed by atoms with Gasteiger partial charge < -0.3 is 15.5 Å². The Bertz CT molecular complexity index is 552. The number of hydrogen-bond acceptors (Lipinski definition) is 3. The van der Waals surface area contributed by atoms with Crippen molar-refractivity contribution in [3.63, 3.8) is 0 Å². The summed E-state index contributed by atoms with van der Waals surface area (Å²) in [6, 6.07) is 5.59. The van der Waals surface area contributed by atoms with Crippen molar-refractivity contribution in [1.29, 1.82) is 0 Å². The zero-order chi connectivity index (χ0) is 13.3. The van der Waals surface area contributed by atoms with Gasteiger partial charge in [-0.1, -0.05) is 20.8 Å². The summed E-state index contributed by atoms with van der Waals surface area (Å²) in [7, 11) is 1.63. The summed E-state index contributed by atoms with van der Waals surface area (Å²) in [5.41, 5.74) is 8.59. The number of aromatic amines is 1. The van der Waals surface area contributed by atoms with Crippen molar-refractivity contribution in [2.45, 2.75) is 26.2 Å². The smallest absolute Gasteiger partial charge is 0.137 e. The zero-order valence-corrected chi connectivity index (χ0v) is 11.2. The van der Waals surface area contributed by atoms with Gasteiger partial charge in [-0.3, -0.25) is 0 Å². The molecule has 0 bridgehead atoms. The predicted molar refractivity (Wildman–Crippen MR) is 73.7 cm³/mol. The van der Waals surface area contributed by atoms with Crippen LogP contribution in [-0.4, -0.2) is 17.1 Å². The van der Waals surface area contributed by atoms with Gasteiger partial charge in [-0.2, -0.15) is 0 Å². The number of anilines is 1. The standard InChI is InChI=1S/C14H19N3O/c1-14(2,3)12-8-16-13(17-12)9-5-10(15)7-11(6-9)18-4/h5-8H,15H2,1-4H3,(H,16,17). The lowest BCUT2D eigenvalue weighted by Crippen LogP contribution is -2.11. The molecule has 2 aromatic rings.